The molecule has 7 nitrogen and oxygen atoms in total. The van der Waals surface area contributed by atoms with Gasteiger partial charge in [-0.25, -0.2) is 9.37 Å². The minimum absolute atomic E-state index is 0.0663. The molecule has 0 spiro atoms. The highest BCUT2D eigenvalue weighted by atomic mass is 19.1. The van der Waals surface area contributed by atoms with Crippen molar-refractivity contribution in [2.45, 2.75) is 26.2 Å². The molecule has 1 atom stereocenters. The largest absolute Gasteiger partial charge is 0.267 e. The molecule has 0 radical (unpaired) electrons. The summed E-state index contributed by atoms with van der Waals surface area (Å²) in [5.41, 5.74) is 2.36. The highest BCUT2D eigenvalue weighted by molar-refractivity contribution is 5.97. The van der Waals surface area contributed by atoms with Crippen LogP contribution in [0, 0.1) is 22.6 Å². The molecule has 28 heavy (non-hydrogen) atoms. The van der Waals surface area contributed by atoms with Crippen LogP contribution in [0.5, 0.6) is 0 Å². The van der Waals surface area contributed by atoms with Crippen LogP contribution in [-0.2, 0) is 13.0 Å². The van der Waals surface area contributed by atoms with Crippen LogP contribution >= 0.6 is 0 Å². The molecule has 0 unspecified atom stereocenters. The Balaban J connectivity index is 1.76. The van der Waals surface area contributed by atoms with Crippen LogP contribution < -0.4 is 0 Å². The summed E-state index contributed by atoms with van der Waals surface area (Å²) in [7, 11) is 0. The number of fused-ring (bicyclic) bond motifs is 2. The van der Waals surface area contributed by atoms with Gasteiger partial charge in [0.1, 0.15) is 11.5 Å². The molecule has 5 rings (SSSR count). The topological polar surface area (TPSA) is 96.1 Å². The number of nitriles is 1. The van der Waals surface area contributed by atoms with E-state index in [1.807, 2.05) is 12.1 Å². The van der Waals surface area contributed by atoms with Gasteiger partial charge in [-0.15, -0.1) is 0 Å². The lowest BCUT2D eigenvalue weighted by atomic mass is 9.82. The fourth-order valence-electron chi connectivity index (χ4n) is 3.69. The number of pyridine rings is 2. The fourth-order valence-corrected chi connectivity index (χ4v) is 3.69. The predicted molar refractivity (Wildman–Crippen MR) is 100 cm³/mol. The zero-order chi connectivity index (χ0) is 21.8. The SMILES string of the molecule is [2H]C([2H])([2H])[C@]1(C#N)CCc2c(-c3ccnc4[nH]ncc34)c(-c3ccc(F)cn3)nn2C1. The summed E-state index contributed by atoms with van der Waals surface area (Å²) < 4.78 is 38.8. The number of hydrogen-bond donors (Lipinski definition) is 1. The van der Waals surface area contributed by atoms with E-state index in [2.05, 4.69) is 25.3 Å². The van der Waals surface area contributed by atoms with Crippen LogP contribution in [0.3, 0.4) is 0 Å². The Kier molecular flexibility index (Phi) is 2.88. The van der Waals surface area contributed by atoms with Gasteiger partial charge in [0, 0.05) is 27.0 Å². The van der Waals surface area contributed by atoms with Crippen molar-refractivity contribution >= 4 is 11.0 Å². The molecule has 8 heteroatoms. The molecule has 0 fully saturated rings. The third-order valence-electron chi connectivity index (χ3n) is 5.07. The van der Waals surface area contributed by atoms with Gasteiger partial charge in [-0.2, -0.15) is 15.5 Å². The Bertz CT molecular complexity index is 1330. The summed E-state index contributed by atoms with van der Waals surface area (Å²) in [5.74, 6) is -0.471. The van der Waals surface area contributed by atoms with E-state index in [-0.39, 0.29) is 13.0 Å². The molecular weight excluding hydrogens is 357 g/mol. The highest BCUT2D eigenvalue weighted by Crippen LogP contribution is 2.41. The van der Waals surface area contributed by atoms with Crippen LogP contribution in [-0.4, -0.2) is 29.9 Å². The molecule has 1 aliphatic rings. The molecule has 138 valence electrons. The van der Waals surface area contributed by atoms with Crippen LogP contribution in [0.15, 0.2) is 36.8 Å². The van der Waals surface area contributed by atoms with Crippen LogP contribution in [0.25, 0.3) is 33.5 Å². The highest BCUT2D eigenvalue weighted by Gasteiger charge is 2.34. The van der Waals surface area contributed by atoms with E-state index in [0.717, 1.165) is 28.4 Å². The monoisotopic (exact) mass is 376 g/mol. The third kappa shape index (κ3) is 2.47. The first kappa shape index (κ1) is 13.6. The third-order valence-corrected chi connectivity index (χ3v) is 5.07. The van der Waals surface area contributed by atoms with Crippen molar-refractivity contribution in [2.75, 3.05) is 0 Å². The summed E-state index contributed by atoms with van der Waals surface area (Å²) in [6.45, 7) is -2.52. The smallest absolute Gasteiger partial charge is 0.155 e. The van der Waals surface area contributed by atoms with Gasteiger partial charge in [-0.3, -0.25) is 14.8 Å². The molecule has 0 saturated heterocycles. The number of rotatable bonds is 2. The molecule has 0 bridgehead atoms. The van der Waals surface area contributed by atoms with Gasteiger partial charge in [-0.1, -0.05) is 0 Å². The van der Waals surface area contributed by atoms with Crippen LogP contribution in [0.2, 0.25) is 0 Å². The zero-order valence-electron chi connectivity index (χ0n) is 17.6. The second-order valence-electron chi connectivity index (χ2n) is 6.87. The van der Waals surface area contributed by atoms with Crippen molar-refractivity contribution in [3.8, 4) is 28.6 Å². The average Bonchev–Trinajstić information content (AvgIpc) is 3.37. The lowest BCUT2D eigenvalue weighted by Crippen LogP contribution is -2.29. The molecular formula is C20H16FN7. The van der Waals surface area contributed by atoms with Gasteiger partial charge in [0.15, 0.2) is 5.65 Å². The maximum absolute atomic E-state index is 13.5. The lowest BCUT2D eigenvalue weighted by Gasteiger charge is -2.28. The Labute approximate surface area is 164 Å². The molecule has 4 aromatic heterocycles. The van der Waals surface area contributed by atoms with Gasteiger partial charge in [0.2, 0.25) is 0 Å². The number of hydrogen-bond acceptors (Lipinski definition) is 5. The van der Waals surface area contributed by atoms with Crippen molar-refractivity contribution < 1.29 is 8.50 Å². The minimum Gasteiger partial charge on any atom is -0.267 e. The van der Waals surface area contributed by atoms with E-state index >= 15 is 0 Å². The standard InChI is InChI=1S/C20H16FN7/c1-20(10-22)6-4-16-17(13-5-7-23-19-14(13)9-25-26-19)18(27-28(16)11-20)15-3-2-12(21)8-24-15/h2-3,5,7-9H,4,6,11H2,1H3,(H,23,25,26)/t20-/m1/s1/i1D3. The van der Waals surface area contributed by atoms with E-state index in [9.17, 15) is 9.65 Å². The maximum atomic E-state index is 13.5. The molecule has 0 saturated carbocycles. The Hall–Kier alpha value is -3.60. The van der Waals surface area contributed by atoms with E-state index in [1.165, 1.54) is 12.1 Å². The van der Waals surface area contributed by atoms with Crippen molar-refractivity contribution in [1.29, 1.82) is 5.26 Å². The van der Waals surface area contributed by atoms with Gasteiger partial charge in [0.25, 0.3) is 0 Å². The lowest BCUT2D eigenvalue weighted by molar-refractivity contribution is 0.286. The van der Waals surface area contributed by atoms with E-state index in [1.54, 1.807) is 17.1 Å². The van der Waals surface area contributed by atoms with E-state index < -0.39 is 18.1 Å². The Morgan fingerprint density at radius 1 is 1.32 bits per heavy atom. The van der Waals surface area contributed by atoms with Gasteiger partial charge < -0.3 is 0 Å². The molecule has 1 aliphatic heterocycles. The summed E-state index contributed by atoms with van der Waals surface area (Å²) in [5, 5.41) is 22.1. The average molecular weight is 376 g/mol. The Morgan fingerprint density at radius 2 is 2.25 bits per heavy atom. The number of nitrogens with one attached hydrogen (secondary N) is 1. The second kappa shape index (κ2) is 5.96. The summed E-state index contributed by atoms with van der Waals surface area (Å²) in [4.78, 5) is 8.46. The summed E-state index contributed by atoms with van der Waals surface area (Å²) in [6, 6.07) is 6.69. The Morgan fingerprint density at radius 3 is 3.04 bits per heavy atom. The molecule has 0 aromatic carbocycles. The zero-order valence-corrected chi connectivity index (χ0v) is 14.6. The summed E-state index contributed by atoms with van der Waals surface area (Å²) in [6.07, 6.45) is 4.94. The van der Waals surface area contributed by atoms with Crippen molar-refractivity contribution in [2.24, 2.45) is 5.41 Å². The molecule has 0 amide bonds. The maximum Gasteiger partial charge on any atom is 0.155 e. The number of aromatic nitrogens is 6. The number of nitrogens with zero attached hydrogens (tertiary/aromatic N) is 6. The molecule has 4 aromatic rings. The van der Waals surface area contributed by atoms with Gasteiger partial charge in [0.05, 0.1) is 36.1 Å². The first-order valence-corrected chi connectivity index (χ1v) is 8.74. The molecule has 0 aliphatic carbocycles. The quantitative estimate of drug-likeness (QED) is 0.578. The van der Waals surface area contributed by atoms with Gasteiger partial charge in [-0.05, 0) is 43.5 Å². The number of H-pyrrole nitrogens is 1. The fraction of sp³-hybridized carbons (Fsp3) is 0.250. The normalized spacial score (nSPS) is 20.8. The summed E-state index contributed by atoms with van der Waals surface area (Å²) >= 11 is 0. The van der Waals surface area contributed by atoms with Crippen molar-refractivity contribution in [3.05, 3.63) is 48.3 Å². The van der Waals surface area contributed by atoms with E-state index in [0.29, 0.717) is 23.5 Å². The van der Waals surface area contributed by atoms with E-state index in [4.69, 9.17) is 4.11 Å². The first-order valence-electron chi connectivity index (χ1n) is 10.2. The minimum atomic E-state index is -2.45. The molecule has 5 heterocycles. The second-order valence-corrected chi connectivity index (χ2v) is 6.87. The number of halogens is 1. The first-order chi connectivity index (χ1) is 14.8. The van der Waals surface area contributed by atoms with Crippen molar-refractivity contribution in [3.63, 3.8) is 0 Å². The van der Waals surface area contributed by atoms with Crippen LogP contribution in [0.1, 0.15) is 23.1 Å². The van der Waals surface area contributed by atoms with Crippen molar-refractivity contribution in [1.82, 2.24) is 29.9 Å². The van der Waals surface area contributed by atoms with Gasteiger partial charge >= 0.3 is 0 Å². The predicted octanol–water partition coefficient (Wildman–Crippen LogP) is 3.50. The molecule has 1 N–H and O–H groups in total. The number of aromatic amines is 1. The van der Waals surface area contributed by atoms with Crippen LogP contribution in [0.4, 0.5) is 4.39 Å².